The molecule has 0 aromatic carbocycles. The molecule has 0 spiro atoms. The Bertz CT molecular complexity index is 373. The van der Waals surface area contributed by atoms with E-state index in [9.17, 15) is 0 Å². The van der Waals surface area contributed by atoms with Crippen LogP contribution in [0.3, 0.4) is 0 Å². The van der Waals surface area contributed by atoms with Gasteiger partial charge < -0.3 is 9.73 Å². The summed E-state index contributed by atoms with van der Waals surface area (Å²) in [5, 5.41) is 3.54. The van der Waals surface area contributed by atoms with Crippen molar-refractivity contribution in [2.45, 2.75) is 52.6 Å². The van der Waals surface area contributed by atoms with E-state index in [0.29, 0.717) is 6.04 Å². The number of hydrogen-bond donors (Lipinski definition) is 1. The maximum Gasteiger partial charge on any atom is 0.105 e. The largest absolute Gasteiger partial charge is 0.466 e. The summed E-state index contributed by atoms with van der Waals surface area (Å²) in [6, 6.07) is 2.76. The van der Waals surface area contributed by atoms with Gasteiger partial charge in [0.15, 0.2) is 0 Å². The summed E-state index contributed by atoms with van der Waals surface area (Å²) in [4.78, 5) is 0. The first-order chi connectivity index (χ1) is 7.58. The molecule has 0 aliphatic rings. The Kier molecular flexibility index (Phi) is 4.64. The second kappa shape index (κ2) is 5.77. The van der Waals surface area contributed by atoms with E-state index in [-0.39, 0.29) is 6.04 Å². The first-order valence-corrected chi connectivity index (χ1v) is 5.84. The van der Waals surface area contributed by atoms with Gasteiger partial charge in [-0.3, -0.25) is 0 Å². The summed E-state index contributed by atoms with van der Waals surface area (Å²) in [6.45, 7) is 8.27. The Morgan fingerprint density at radius 2 is 2.19 bits per heavy atom. The van der Waals surface area contributed by atoms with Crippen LogP contribution in [0.5, 0.6) is 0 Å². The zero-order chi connectivity index (χ0) is 12.1. The van der Waals surface area contributed by atoms with Crippen LogP contribution in [0.1, 0.15) is 49.8 Å². The fourth-order valence-corrected chi connectivity index (χ4v) is 1.99. The molecule has 2 unspecified atom stereocenters. The van der Waals surface area contributed by atoms with Crippen LogP contribution in [0.2, 0.25) is 0 Å². The lowest BCUT2D eigenvalue weighted by Crippen LogP contribution is -2.30. The second-order valence-corrected chi connectivity index (χ2v) is 4.27. The van der Waals surface area contributed by atoms with Crippen molar-refractivity contribution in [1.29, 1.82) is 0 Å². The summed E-state index contributed by atoms with van der Waals surface area (Å²) < 4.78 is 5.53. The van der Waals surface area contributed by atoms with Crippen LogP contribution in [0.15, 0.2) is 10.5 Å². The van der Waals surface area contributed by atoms with E-state index in [2.05, 4.69) is 31.2 Å². The van der Waals surface area contributed by atoms with Crippen LogP contribution >= 0.6 is 0 Å². The maximum atomic E-state index is 5.53. The third-order valence-corrected chi connectivity index (χ3v) is 2.89. The zero-order valence-corrected chi connectivity index (χ0v) is 10.6. The van der Waals surface area contributed by atoms with Gasteiger partial charge in [0.25, 0.3) is 0 Å². The Morgan fingerprint density at radius 3 is 2.62 bits per heavy atom. The van der Waals surface area contributed by atoms with Crippen LogP contribution in [-0.2, 0) is 0 Å². The molecule has 0 aliphatic carbocycles. The average molecular weight is 219 g/mol. The van der Waals surface area contributed by atoms with Crippen molar-refractivity contribution >= 4 is 0 Å². The van der Waals surface area contributed by atoms with Crippen molar-refractivity contribution in [3.8, 4) is 12.3 Å². The summed E-state index contributed by atoms with van der Waals surface area (Å²) in [5.41, 5.74) is 1.23. The molecule has 2 atom stereocenters. The van der Waals surface area contributed by atoms with E-state index < -0.39 is 0 Å². The first kappa shape index (κ1) is 12.9. The van der Waals surface area contributed by atoms with Gasteiger partial charge in [-0.25, -0.2) is 0 Å². The third-order valence-electron chi connectivity index (χ3n) is 2.89. The number of aryl methyl sites for hydroxylation is 2. The lowest BCUT2D eigenvalue weighted by molar-refractivity contribution is 0.439. The van der Waals surface area contributed by atoms with Crippen molar-refractivity contribution in [3.63, 3.8) is 0 Å². The number of rotatable bonds is 5. The molecule has 1 heterocycles. The third kappa shape index (κ3) is 3.15. The molecule has 0 saturated heterocycles. The summed E-state index contributed by atoms with van der Waals surface area (Å²) in [7, 11) is 0. The molecule has 1 aromatic heterocycles. The van der Waals surface area contributed by atoms with Crippen molar-refractivity contribution in [2.75, 3.05) is 0 Å². The highest BCUT2D eigenvalue weighted by atomic mass is 16.3. The van der Waals surface area contributed by atoms with E-state index in [1.807, 2.05) is 13.8 Å². The second-order valence-electron chi connectivity index (χ2n) is 4.27. The van der Waals surface area contributed by atoms with E-state index in [1.54, 1.807) is 0 Å². The van der Waals surface area contributed by atoms with Crippen LogP contribution in [0.4, 0.5) is 0 Å². The number of furan rings is 1. The van der Waals surface area contributed by atoms with Crippen LogP contribution in [0, 0.1) is 26.2 Å². The molecular weight excluding hydrogens is 198 g/mol. The molecule has 1 aromatic rings. The molecule has 2 nitrogen and oxygen atoms in total. The maximum absolute atomic E-state index is 5.53. The lowest BCUT2D eigenvalue weighted by atomic mass is 10.1. The predicted molar refractivity (Wildman–Crippen MR) is 67.3 cm³/mol. The van der Waals surface area contributed by atoms with Crippen LogP contribution in [-0.4, -0.2) is 6.04 Å². The number of nitrogens with one attached hydrogen (secondary N) is 1. The standard InChI is InChI=1S/C14H21NO/c1-6-8-13(7-2)15-11(4)14-9-10(3)16-12(14)5/h1,9,11,13,15H,7-8H2,2-5H3. The minimum Gasteiger partial charge on any atom is -0.466 e. The van der Waals surface area contributed by atoms with Crippen LogP contribution in [0.25, 0.3) is 0 Å². The summed E-state index contributed by atoms with van der Waals surface area (Å²) >= 11 is 0. The number of hydrogen-bond acceptors (Lipinski definition) is 2. The summed E-state index contributed by atoms with van der Waals surface area (Å²) in [5.74, 6) is 4.67. The highest BCUT2D eigenvalue weighted by Gasteiger charge is 2.15. The van der Waals surface area contributed by atoms with E-state index >= 15 is 0 Å². The topological polar surface area (TPSA) is 25.2 Å². The highest BCUT2D eigenvalue weighted by Crippen LogP contribution is 2.22. The average Bonchev–Trinajstić information content (AvgIpc) is 2.57. The molecule has 1 N–H and O–H groups in total. The predicted octanol–water partition coefficient (Wildman–Crippen LogP) is 3.35. The van der Waals surface area contributed by atoms with Gasteiger partial charge >= 0.3 is 0 Å². The molecule has 1 rings (SSSR count). The van der Waals surface area contributed by atoms with Gasteiger partial charge in [0.2, 0.25) is 0 Å². The first-order valence-electron chi connectivity index (χ1n) is 5.84. The Labute approximate surface area is 98.4 Å². The SMILES string of the molecule is C#CCC(CC)NC(C)c1cc(C)oc1C. The smallest absolute Gasteiger partial charge is 0.105 e. The quantitative estimate of drug-likeness (QED) is 0.768. The fraction of sp³-hybridized carbons (Fsp3) is 0.571. The molecule has 16 heavy (non-hydrogen) atoms. The minimum absolute atomic E-state index is 0.288. The van der Waals surface area contributed by atoms with Gasteiger partial charge in [-0.15, -0.1) is 12.3 Å². The van der Waals surface area contributed by atoms with Gasteiger partial charge in [0, 0.05) is 24.1 Å². The van der Waals surface area contributed by atoms with Crippen molar-refractivity contribution in [1.82, 2.24) is 5.32 Å². The normalized spacial score (nSPS) is 14.4. The zero-order valence-electron chi connectivity index (χ0n) is 10.6. The molecule has 0 radical (unpaired) electrons. The van der Waals surface area contributed by atoms with E-state index in [4.69, 9.17) is 10.8 Å². The molecule has 2 heteroatoms. The lowest BCUT2D eigenvalue weighted by Gasteiger charge is -2.20. The van der Waals surface area contributed by atoms with Gasteiger partial charge in [0.05, 0.1) is 0 Å². The summed E-state index contributed by atoms with van der Waals surface area (Å²) in [6.07, 6.45) is 7.17. The molecular formula is C14H21NO. The highest BCUT2D eigenvalue weighted by molar-refractivity contribution is 5.23. The molecule has 0 saturated carbocycles. The molecule has 0 aliphatic heterocycles. The number of terminal acetylenes is 1. The van der Waals surface area contributed by atoms with Gasteiger partial charge in [-0.05, 0) is 33.3 Å². The van der Waals surface area contributed by atoms with Crippen molar-refractivity contribution < 1.29 is 4.42 Å². The van der Waals surface area contributed by atoms with Crippen molar-refractivity contribution in [2.24, 2.45) is 0 Å². The van der Waals surface area contributed by atoms with Crippen LogP contribution < -0.4 is 5.32 Å². The molecule has 0 fully saturated rings. The monoisotopic (exact) mass is 219 g/mol. The van der Waals surface area contributed by atoms with E-state index in [1.165, 1.54) is 5.56 Å². The Hall–Kier alpha value is -1.20. The Morgan fingerprint density at radius 1 is 1.50 bits per heavy atom. The minimum atomic E-state index is 0.288. The Balaban J connectivity index is 2.68. The van der Waals surface area contributed by atoms with Gasteiger partial charge in [0.1, 0.15) is 11.5 Å². The van der Waals surface area contributed by atoms with Gasteiger partial charge in [-0.2, -0.15) is 0 Å². The fourth-order valence-electron chi connectivity index (χ4n) is 1.99. The van der Waals surface area contributed by atoms with Gasteiger partial charge in [-0.1, -0.05) is 6.92 Å². The molecule has 88 valence electrons. The van der Waals surface area contributed by atoms with Crippen molar-refractivity contribution in [3.05, 3.63) is 23.2 Å². The molecule has 0 bridgehead atoms. The van der Waals surface area contributed by atoms with E-state index in [0.717, 1.165) is 24.4 Å². The molecule has 0 amide bonds.